The molecule has 1 heteroatoms. The number of hydrogen-bond acceptors (Lipinski definition) is 0. The van der Waals surface area contributed by atoms with Crippen LogP contribution in [-0.2, 0) is 0 Å². The molecule has 0 heterocycles. The van der Waals surface area contributed by atoms with Crippen molar-refractivity contribution in [3.63, 3.8) is 0 Å². The molecule has 0 spiro atoms. The van der Waals surface area contributed by atoms with Crippen LogP contribution in [0.1, 0.15) is 13.8 Å². The molecule has 0 bridgehead atoms. The van der Waals surface area contributed by atoms with Crippen molar-refractivity contribution in [3.8, 4) is 45.0 Å². The van der Waals surface area contributed by atoms with Gasteiger partial charge >= 0.3 is 74.3 Å². The SMILES string of the molecule is CC#CC#[C][Ge][C]#CC#CC. The van der Waals surface area contributed by atoms with E-state index in [1.54, 1.807) is 13.8 Å². The van der Waals surface area contributed by atoms with Gasteiger partial charge in [-0.05, 0) is 0 Å². The Morgan fingerprint density at radius 1 is 0.727 bits per heavy atom. The van der Waals surface area contributed by atoms with E-state index < -0.39 is 15.4 Å². The Balaban J connectivity index is 3.72. The first-order valence-electron chi connectivity index (χ1n) is 3.00. The van der Waals surface area contributed by atoms with Gasteiger partial charge in [0.15, 0.2) is 0 Å². The van der Waals surface area contributed by atoms with Gasteiger partial charge in [0, 0.05) is 0 Å². The van der Waals surface area contributed by atoms with Crippen LogP contribution in [-0.4, -0.2) is 15.4 Å². The zero-order valence-corrected chi connectivity index (χ0v) is 8.60. The molecule has 0 saturated carbocycles. The summed E-state index contributed by atoms with van der Waals surface area (Å²) in [5, 5.41) is 0. The second-order valence-corrected chi connectivity index (χ2v) is 2.95. The monoisotopic (exact) mass is 200 g/mol. The van der Waals surface area contributed by atoms with Gasteiger partial charge in [-0.25, -0.2) is 0 Å². The minimum atomic E-state index is -0.446. The fraction of sp³-hybridized carbons (Fsp3) is 0.200. The van der Waals surface area contributed by atoms with Gasteiger partial charge < -0.3 is 0 Å². The molecule has 0 aromatic heterocycles. The maximum absolute atomic E-state index is 2.91. The molecule has 0 aliphatic heterocycles. The van der Waals surface area contributed by atoms with E-state index in [1.807, 2.05) is 0 Å². The van der Waals surface area contributed by atoms with E-state index in [2.05, 4.69) is 45.0 Å². The first kappa shape index (κ1) is 9.78. The summed E-state index contributed by atoms with van der Waals surface area (Å²) in [6, 6.07) is 0. The van der Waals surface area contributed by atoms with Gasteiger partial charge in [0.05, 0.1) is 0 Å². The van der Waals surface area contributed by atoms with Crippen molar-refractivity contribution in [2.75, 3.05) is 0 Å². The number of rotatable bonds is 0. The summed E-state index contributed by atoms with van der Waals surface area (Å²) in [5.74, 6) is 16.1. The predicted octanol–water partition coefficient (Wildman–Crippen LogP) is 0.659. The van der Waals surface area contributed by atoms with Crippen molar-refractivity contribution < 1.29 is 0 Å². The Kier molecular flexibility index (Phi) is 7.81. The van der Waals surface area contributed by atoms with Gasteiger partial charge in [0.1, 0.15) is 0 Å². The van der Waals surface area contributed by atoms with E-state index in [9.17, 15) is 0 Å². The Hall–Kier alpha value is -1.22. The zero-order valence-electron chi connectivity index (χ0n) is 6.50. The molecule has 0 rings (SSSR count). The zero-order chi connectivity index (χ0) is 8.36. The summed E-state index contributed by atoms with van der Waals surface area (Å²) in [5.41, 5.74) is 0. The van der Waals surface area contributed by atoms with Crippen LogP contribution in [0.2, 0.25) is 0 Å². The normalized spacial score (nSPS) is 4.55. The van der Waals surface area contributed by atoms with Crippen molar-refractivity contribution in [2.24, 2.45) is 0 Å². The molecular weight excluding hydrogens is 193 g/mol. The Labute approximate surface area is 74.6 Å². The second kappa shape index (κ2) is 8.78. The van der Waals surface area contributed by atoms with Gasteiger partial charge in [-0.3, -0.25) is 0 Å². The Bertz CT molecular complexity index is 297. The van der Waals surface area contributed by atoms with Gasteiger partial charge in [-0.2, -0.15) is 0 Å². The summed E-state index contributed by atoms with van der Waals surface area (Å²) < 4.78 is 5.81. The van der Waals surface area contributed by atoms with Crippen LogP contribution >= 0.6 is 0 Å². The van der Waals surface area contributed by atoms with Gasteiger partial charge in [-0.1, -0.05) is 0 Å². The molecule has 0 unspecified atom stereocenters. The van der Waals surface area contributed by atoms with Crippen LogP contribution in [0.4, 0.5) is 0 Å². The molecule has 0 aliphatic rings. The third-order valence-corrected chi connectivity index (χ3v) is 1.67. The molecule has 0 N–H and O–H groups in total. The van der Waals surface area contributed by atoms with Gasteiger partial charge in [-0.15, -0.1) is 0 Å². The molecular formula is C10H6Ge. The van der Waals surface area contributed by atoms with E-state index in [4.69, 9.17) is 0 Å². The van der Waals surface area contributed by atoms with E-state index in [0.717, 1.165) is 0 Å². The van der Waals surface area contributed by atoms with Crippen molar-refractivity contribution in [3.05, 3.63) is 0 Å². The number of hydrogen-bond donors (Lipinski definition) is 0. The average molecular weight is 199 g/mol. The van der Waals surface area contributed by atoms with Crippen LogP contribution in [0, 0.1) is 45.0 Å². The van der Waals surface area contributed by atoms with Crippen LogP contribution in [0.15, 0.2) is 0 Å². The molecule has 0 aromatic rings. The maximum atomic E-state index is 2.91. The van der Waals surface area contributed by atoms with E-state index >= 15 is 0 Å². The molecule has 0 saturated heterocycles. The standard InChI is InChI=1S/C10H6Ge/c1-3-5-7-9-11-10-8-6-4-2/h1-2H3. The fourth-order valence-corrected chi connectivity index (χ4v) is 0.937. The minimum absolute atomic E-state index is 0.446. The van der Waals surface area contributed by atoms with Crippen molar-refractivity contribution in [1.29, 1.82) is 0 Å². The summed E-state index contributed by atoms with van der Waals surface area (Å²) in [6.07, 6.45) is 0. The topological polar surface area (TPSA) is 0 Å². The molecule has 0 atom stereocenters. The quantitative estimate of drug-likeness (QED) is 0.397. The Morgan fingerprint density at radius 2 is 1.18 bits per heavy atom. The first-order valence-corrected chi connectivity index (χ1v) is 5.10. The van der Waals surface area contributed by atoms with Crippen LogP contribution in [0.3, 0.4) is 0 Å². The summed E-state index contributed by atoms with van der Waals surface area (Å²) in [4.78, 5) is 0. The first-order chi connectivity index (χ1) is 5.41. The second-order valence-electron chi connectivity index (χ2n) is 1.38. The summed E-state index contributed by atoms with van der Waals surface area (Å²) in [7, 11) is 0. The van der Waals surface area contributed by atoms with Gasteiger partial charge in [0.2, 0.25) is 0 Å². The van der Waals surface area contributed by atoms with Crippen LogP contribution in [0.25, 0.3) is 0 Å². The van der Waals surface area contributed by atoms with Crippen LogP contribution in [0.5, 0.6) is 0 Å². The van der Waals surface area contributed by atoms with Crippen molar-refractivity contribution in [1.82, 2.24) is 0 Å². The molecule has 0 fully saturated rings. The molecule has 0 aliphatic carbocycles. The third-order valence-electron chi connectivity index (χ3n) is 0.625. The average Bonchev–Trinajstić information content (AvgIpc) is 2.03. The van der Waals surface area contributed by atoms with Crippen LogP contribution < -0.4 is 0 Å². The summed E-state index contributed by atoms with van der Waals surface area (Å²) in [6.45, 7) is 3.53. The fourth-order valence-electron chi connectivity index (χ4n) is 0.281. The molecule has 2 radical (unpaired) electrons. The molecule has 0 nitrogen and oxygen atoms in total. The molecule has 0 amide bonds. The predicted molar refractivity (Wildman–Crippen MR) is 48.2 cm³/mol. The molecule has 11 heavy (non-hydrogen) atoms. The molecule has 0 aromatic carbocycles. The summed E-state index contributed by atoms with van der Waals surface area (Å²) >= 11 is -0.446. The Morgan fingerprint density at radius 3 is 1.55 bits per heavy atom. The van der Waals surface area contributed by atoms with Crippen molar-refractivity contribution in [2.45, 2.75) is 13.8 Å². The van der Waals surface area contributed by atoms with E-state index in [0.29, 0.717) is 0 Å². The van der Waals surface area contributed by atoms with E-state index in [-0.39, 0.29) is 0 Å². The molecule has 50 valence electrons. The van der Waals surface area contributed by atoms with Gasteiger partial charge in [0.25, 0.3) is 0 Å². The van der Waals surface area contributed by atoms with E-state index in [1.165, 1.54) is 0 Å². The third kappa shape index (κ3) is 8.78. The van der Waals surface area contributed by atoms with Crippen molar-refractivity contribution >= 4 is 15.4 Å².